The topological polar surface area (TPSA) is 49.8 Å². The van der Waals surface area contributed by atoms with E-state index in [1.54, 1.807) is 19.2 Å². The van der Waals surface area contributed by atoms with E-state index in [0.29, 0.717) is 12.2 Å². The molecule has 1 aromatic rings. The van der Waals surface area contributed by atoms with Gasteiger partial charge in [-0.1, -0.05) is 22.0 Å². The summed E-state index contributed by atoms with van der Waals surface area (Å²) < 4.78 is 5.91. The Morgan fingerprint density at radius 1 is 1.47 bits per heavy atom. The molecule has 4 nitrogen and oxygen atoms in total. The van der Waals surface area contributed by atoms with Crippen molar-refractivity contribution in [3.8, 4) is 0 Å². The molecule has 0 saturated carbocycles. The Labute approximate surface area is 120 Å². The van der Waals surface area contributed by atoms with Crippen LogP contribution in [0.25, 0.3) is 0 Å². The van der Waals surface area contributed by atoms with Crippen LogP contribution in [0.3, 0.4) is 0 Å². The lowest BCUT2D eigenvalue weighted by Gasteiger charge is -2.28. The van der Waals surface area contributed by atoms with Crippen LogP contribution in [0.4, 0.5) is 5.69 Å². The van der Waals surface area contributed by atoms with Crippen molar-refractivity contribution in [2.75, 3.05) is 31.7 Å². The fraction of sp³-hybridized carbons (Fsp3) is 0.357. The standard InChI is InChI=1S/C14H16BrNO3/c1-19-9-10-2-4-16(5-3-10)13-7-11(14(17)18)6-12(15)8-13/h2,6-8H,3-5,9H2,1H3,(H,17,18). The number of carboxylic acid groups (broad SMARTS) is 1. The van der Waals surface area contributed by atoms with E-state index in [4.69, 9.17) is 9.84 Å². The van der Waals surface area contributed by atoms with Gasteiger partial charge >= 0.3 is 5.97 Å². The number of methoxy groups -OCH3 is 1. The number of hydrogen-bond donors (Lipinski definition) is 1. The van der Waals surface area contributed by atoms with E-state index in [2.05, 4.69) is 26.9 Å². The molecule has 0 radical (unpaired) electrons. The average molecular weight is 326 g/mol. The summed E-state index contributed by atoms with van der Waals surface area (Å²) in [6, 6.07) is 5.27. The fourth-order valence-electron chi connectivity index (χ4n) is 2.14. The van der Waals surface area contributed by atoms with Gasteiger partial charge in [-0.15, -0.1) is 0 Å². The van der Waals surface area contributed by atoms with E-state index < -0.39 is 5.97 Å². The molecule has 2 rings (SSSR count). The van der Waals surface area contributed by atoms with Gasteiger partial charge in [0.2, 0.25) is 0 Å². The molecule has 0 atom stereocenters. The van der Waals surface area contributed by atoms with Crippen LogP contribution < -0.4 is 4.90 Å². The maximum absolute atomic E-state index is 11.1. The van der Waals surface area contributed by atoms with Gasteiger partial charge in [-0.2, -0.15) is 0 Å². The van der Waals surface area contributed by atoms with Gasteiger partial charge in [0.15, 0.2) is 0 Å². The third-order valence-corrected chi connectivity index (χ3v) is 3.59. The highest BCUT2D eigenvalue weighted by molar-refractivity contribution is 9.10. The van der Waals surface area contributed by atoms with Crippen molar-refractivity contribution >= 4 is 27.6 Å². The quantitative estimate of drug-likeness (QED) is 0.865. The summed E-state index contributed by atoms with van der Waals surface area (Å²) in [6.45, 7) is 2.34. The van der Waals surface area contributed by atoms with Crippen LogP contribution in [0.2, 0.25) is 0 Å². The first kappa shape index (κ1) is 14.1. The van der Waals surface area contributed by atoms with E-state index in [-0.39, 0.29) is 0 Å². The van der Waals surface area contributed by atoms with Gasteiger partial charge in [-0.25, -0.2) is 4.79 Å². The minimum absolute atomic E-state index is 0.302. The number of nitrogens with zero attached hydrogens (tertiary/aromatic N) is 1. The monoisotopic (exact) mass is 325 g/mol. The summed E-state index contributed by atoms with van der Waals surface area (Å²) in [4.78, 5) is 13.2. The molecule has 0 aliphatic carbocycles. The first-order valence-electron chi connectivity index (χ1n) is 6.06. The minimum atomic E-state index is -0.907. The number of benzene rings is 1. The molecule has 5 heteroatoms. The summed E-state index contributed by atoms with van der Waals surface area (Å²) in [6.07, 6.45) is 3.09. The zero-order valence-corrected chi connectivity index (χ0v) is 12.3. The van der Waals surface area contributed by atoms with Crippen molar-refractivity contribution in [3.63, 3.8) is 0 Å². The van der Waals surface area contributed by atoms with Crippen molar-refractivity contribution in [2.24, 2.45) is 0 Å². The highest BCUT2D eigenvalue weighted by atomic mass is 79.9. The van der Waals surface area contributed by atoms with Gasteiger partial charge in [0.05, 0.1) is 12.2 Å². The molecule has 1 N–H and O–H groups in total. The number of halogens is 1. The Morgan fingerprint density at radius 2 is 2.26 bits per heavy atom. The second kappa shape index (κ2) is 6.21. The van der Waals surface area contributed by atoms with Crippen LogP contribution in [0, 0.1) is 0 Å². The number of ether oxygens (including phenoxy) is 1. The Hall–Kier alpha value is -1.33. The van der Waals surface area contributed by atoms with Crippen LogP contribution in [0.15, 0.2) is 34.3 Å². The number of anilines is 1. The Bertz CT molecular complexity index is 513. The van der Waals surface area contributed by atoms with E-state index in [0.717, 1.165) is 29.7 Å². The van der Waals surface area contributed by atoms with Crippen molar-refractivity contribution in [2.45, 2.75) is 6.42 Å². The van der Waals surface area contributed by atoms with E-state index in [9.17, 15) is 4.79 Å². The van der Waals surface area contributed by atoms with Gasteiger partial charge in [0, 0.05) is 30.4 Å². The highest BCUT2D eigenvalue weighted by Gasteiger charge is 2.14. The van der Waals surface area contributed by atoms with Crippen LogP contribution >= 0.6 is 15.9 Å². The number of carboxylic acids is 1. The Balaban J connectivity index is 2.17. The number of rotatable bonds is 4. The second-order valence-electron chi connectivity index (χ2n) is 4.49. The molecule has 1 aromatic carbocycles. The van der Waals surface area contributed by atoms with Crippen LogP contribution in [0.5, 0.6) is 0 Å². The molecule has 1 aliphatic heterocycles. The van der Waals surface area contributed by atoms with Gasteiger partial charge in [-0.3, -0.25) is 0 Å². The largest absolute Gasteiger partial charge is 0.478 e. The lowest BCUT2D eigenvalue weighted by molar-refractivity contribution is 0.0697. The molecule has 0 spiro atoms. The van der Waals surface area contributed by atoms with Crippen molar-refractivity contribution in [1.82, 2.24) is 0 Å². The molecule has 0 bridgehead atoms. The summed E-state index contributed by atoms with van der Waals surface area (Å²) in [7, 11) is 1.70. The third kappa shape index (κ3) is 3.58. The second-order valence-corrected chi connectivity index (χ2v) is 5.41. The lowest BCUT2D eigenvalue weighted by Crippen LogP contribution is -2.29. The lowest BCUT2D eigenvalue weighted by atomic mass is 10.1. The van der Waals surface area contributed by atoms with Gasteiger partial charge in [0.25, 0.3) is 0 Å². The van der Waals surface area contributed by atoms with Crippen LogP contribution in [-0.2, 0) is 4.74 Å². The van der Waals surface area contributed by atoms with Crippen LogP contribution in [0.1, 0.15) is 16.8 Å². The molecule has 102 valence electrons. The highest BCUT2D eigenvalue weighted by Crippen LogP contribution is 2.25. The Morgan fingerprint density at radius 3 is 2.84 bits per heavy atom. The maximum Gasteiger partial charge on any atom is 0.335 e. The third-order valence-electron chi connectivity index (χ3n) is 3.13. The summed E-state index contributed by atoms with van der Waals surface area (Å²) >= 11 is 3.36. The van der Waals surface area contributed by atoms with Gasteiger partial charge in [-0.05, 0) is 30.2 Å². The first-order chi connectivity index (χ1) is 9.10. The van der Waals surface area contributed by atoms with Crippen molar-refractivity contribution in [3.05, 3.63) is 39.9 Å². The molecular formula is C14H16BrNO3. The first-order valence-corrected chi connectivity index (χ1v) is 6.85. The SMILES string of the molecule is COCC1=CCN(c2cc(Br)cc(C(=O)O)c2)CC1. The predicted molar refractivity (Wildman–Crippen MR) is 77.9 cm³/mol. The van der Waals surface area contributed by atoms with Crippen molar-refractivity contribution < 1.29 is 14.6 Å². The Kier molecular flexibility index (Phi) is 4.61. The van der Waals surface area contributed by atoms with E-state index in [1.165, 1.54) is 5.57 Å². The predicted octanol–water partition coefficient (Wildman–Crippen LogP) is 2.93. The minimum Gasteiger partial charge on any atom is -0.478 e. The van der Waals surface area contributed by atoms with Gasteiger partial charge in [0.1, 0.15) is 0 Å². The molecule has 0 fully saturated rings. The van der Waals surface area contributed by atoms with Crippen LogP contribution in [-0.4, -0.2) is 37.9 Å². The molecule has 0 unspecified atom stereocenters. The molecule has 0 saturated heterocycles. The molecule has 1 aliphatic rings. The van der Waals surface area contributed by atoms with Gasteiger partial charge < -0.3 is 14.7 Å². The zero-order chi connectivity index (χ0) is 13.8. The summed E-state index contributed by atoms with van der Waals surface area (Å²) in [5, 5.41) is 9.08. The molecular weight excluding hydrogens is 310 g/mol. The van der Waals surface area contributed by atoms with E-state index >= 15 is 0 Å². The average Bonchev–Trinajstić information content (AvgIpc) is 2.39. The normalized spacial score (nSPS) is 15.3. The van der Waals surface area contributed by atoms with E-state index in [1.807, 2.05) is 6.07 Å². The summed E-state index contributed by atoms with van der Waals surface area (Å²) in [5.74, 6) is -0.907. The molecule has 1 heterocycles. The number of aromatic carboxylic acids is 1. The number of hydrogen-bond acceptors (Lipinski definition) is 3. The molecule has 0 amide bonds. The number of carbonyl (C=O) groups is 1. The zero-order valence-electron chi connectivity index (χ0n) is 10.7. The van der Waals surface area contributed by atoms with Crippen molar-refractivity contribution in [1.29, 1.82) is 0 Å². The smallest absolute Gasteiger partial charge is 0.335 e. The fourth-order valence-corrected chi connectivity index (χ4v) is 2.62. The molecule has 19 heavy (non-hydrogen) atoms. The molecule has 0 aromatic heterocycles. The summed E-state index contributed by atoms with van der Waals surface area (Å²) in [5.41, 5.74) is 2.53. The maximum atomic E-state index is 11.1.